The number of primary amides is 1. The van der Waals surface area contributed by atoms with Crippen molar-refractivity contribution in [2.75, 3.05) is 13.2 Å². The smallest absolute Gasteiger partial charge is 0.404 e. The minimum absolute atomic E-state index is 0.110. The highest BCUT2D eigenvalue weighted by molar-refractivity contribution is 7.89. The Balaban J connectivity index is 2.93. The van der Waals surface area contributed by atoms with Gasteiger partial charge in [0.1, 0.15) is 17.2 Å². The number of hydrogen-bond acceptors (Lipinski definition) is 5. The minimum atomic E-state index is -3.91. The molecule has 0 bridgehead atoms. The van der Waals surface area contributed by atoms with Crippen molar-refractivity contribution in [3.8, 4) is 0 Å². The number of carbonyl (C=O) groups is 2. The first-order chi connectivity index (χ1) is 9.16. The number of aromatic carboxylic acids is 1. The molecule has 0 radical (unpaired) electrons. The number of hydrogen-bond donors (Lipinski definition) is 4. The highest BCUT2D eigenvalue weighted by Gasteiger charge is 2.25. The molecule has 0 aliphatic rings. The Labute approximate surface area is 115 Å². The second-order valence-electron chi connectivity index (χ2n) is 3.95. The van der Waals surface area contributed by atoms with E-state index >= 15 is 0 Å². The maximum absolute atomic E-state index is 12.1. The maximum atomic E-state index is 12.1. The van der Waals surface area contributed by atoms with Crippen molar-refractivity contribution >= 4 is 22.1 Å². The van der Waals surface area contributed by atoms with Gasteiger partial charge < -0.3 is 20.6 Å². The average molecular weight is 305 g/mol. The van der Waals surface area contributed by atoms with Crippen LogP contribution in [-0.4, -0.2) is 43.7 Å². The van der Waals surface area contributed by atoms with Crippen LogP contribution in [0.3, 0.4) is 0 Å². The van der Waals surface area contributed by atoms with Gasteiger partial charge in [0.05, 0.1) is 0 Å². The third kappa shape index (κ3) is 3.48. The van der Waals surface area contributed by atoms with Crippen molar-refractivity contribution in [3.63, 3.8) is 0 Å². The number of carbonyl (C=O) groups excluding carboxylic acids is 1. The molecule has 1 rings (SSSR count). The Morgan fingerprint density at radius 2 is 2.00 bits per heavy atom. The highest BCUT2D eigenvalue weighted by Crippen LogP contribution is 2.22. The first kappa shape index (κ1) is 16.0. The number of nitrogens with one attached hydrogen (secondary N) is 2. The number of amides is 1. The lowest BCUT2D eigenvalue weighted by Crippen LogP contribution is -2.29. The van der Waals surface area contributed by atoms with Crippen molar-refractivity contribution in [1.29, 1.82) is 0 Å². The zero-order chi connectivity index (χ0) is 15.5. The zero-order valence-electron chi connectivity index (χ0n) is 10.9. The molecule has 0 fully saturated rings. The summed E-state index contributed by atoms with van der Waals surface area (Å²) >= 11 is 0. The number of nitrogens with two attached hydrogens (primary N) is 1. The van der Waals surface area contributed by atoms with Gasteiger partial charge in [-0.3, -0.25) is 0 Å². The first-order valence-corrected chi connectivity index (χ1v) is 6.99. The number of carboxylic acid groups (broad SMARTS) is 1. The van der Waals surface area contributed by atoms with E-state index in [1.807, 2.05) is 0 Å². The fourth-order valence-corrected chi connectivity index (χ4v) is 3.21. The summed E-state index contributed by atoms with van der Waals surface area (Å²) in [6, 6.07) is 0. The van der Waals surface area contributed by atoms with Gasteiger partial charge in [0.15, 0.2) is 0 Å². The maximum Gasteiger partial charge on any atom is 0.404 e. The van der Waals surface area contributed by atoms with Gasteiger partial charge in [-0.1, -0.05) is 0 Å². The molecule has 112 valence electrons. The van der Waals surface area contributed by atoms with E-state index in [2.05, 4.69) is 14.4 Å². The Morgan fingerprint density at radius 1 is 1.40 bits per heavy atom. The van der Waals surface area contributed by atoms with E-state index in [1.54, 1.807) is 0 Å². The van der Waals surface area contributed by atoms with Crippen LogP contribution in [0.25, 0.3) is 0 Å². The molecule has 5 N–H and O–H groups in total. The van der Waals surface area contributed by atoms with Crippen LogP contribution in [0, 0.1) is 13.8 Å². The number of aromatic amines is 1. The van der Waals surface area contributed by atoms with Crippen LogP contribution in [-0.2, 0) is 14.8 Å². The van der Waals surface area contributed by atoms with Crippen LogP contribution in [0.15, 0.2) is 4.90 Å². The van der Waals surface area contributed by atoms with Crippen molar-refractivity contribution in [1.82, 2.24) is 9.71 Å². The number of H-pyrrole nitrogens is 1. The topological polar surface area (TPSA) is 152 Å². The molecule has 0 spiro atoms. The fraction of sp³-hybridized carbons (Fsp3) is 0.400. The molecule has 1 amide bonds. The van der Waals surface area contributed by atoms with E-state index < -0.39 is 22.1 Å². The summed E-state index contributed by atoms with van der Waals surface area (Å²) in [6.45, 7) is 2.45. The highest BCUT2D eigenvalue weighted by atomic mass is 32.2. The number of aromatic nitrogens is 1. The second kappa shape index (κ2) is 5.92. The van der Waals surface area contributed by atoms with E-state index in [0.29, 0.717) is 0 Å². The molecule has 0 aliphatic heterocycles. The van der Waals surface area contributed by atoms with Crippen LogP contribution >= 0.6 is 0 Å². The van der Waals surface area contributed by atoms with Gasteiger partial charge in [-0.05, 0) is 13.8 Å². The van der Waals surface area contributed by atoms with E-state index in [0.717, 1.165) is 0 Å². The van der Waals surface area contributed by atoms with Gasteiger partial charge in [0, 0.05) is 17.8 Å². The molecule has 1 aromatic heterocycles. The molecule has 1 aromatic rings. The van der Waals surface area contributed by atoms with E-state index in [9.17, 15) is 18.0 Å². The molecule has 1 heterocycles. The molecular formula is C10H15N3O6S. The number of ether oxygens (including phenoxy) is 1. The van der Waals surface area contributed by atoms with Gasteiger partial charge >= 0.3 is 12.1 Å². The Hall–Kier alpha value is -2.07. The second-order valence-corrected chi connectivity index (χ2v) is 5.65. The van der Waals surface area contributed by atoms with Crippen molar-refractivity contribution in [3.05, 3.63) is 17.0 Å². The number of rotatable bonds is 6. The summed E-state index contributed by atoms with van der Waals surface area (Å²) in [5.41, 5.74) is 4.87. The molecule has 10 heteroatoms. The SMILES string of the molecule is Cc1[nH]c(C(=O)O)c(C)c1S(=O)(=O)NCCOC(N)=O. The lowest BCUT2D eigenvalue weighted by Gasteiger charge is -2.07. The monoisotopic (exact) mass is 305 g/mol. The average Bonchev–Trinajstić information content (AvgIpc) is 2.61. The fourth-order valence-electron chi connectivity index (χ4n) is 1.75. The summed E-state index contributed by atoms with van der Waals surface area (Å²) < 4.78 is 30.7. The molecule has 0 saturated heterocycles. The zero-order valence-corrected chi connectivity index (χ0v) is 11.7. The quantitative estimate of drug-likeness (QED) is 0.530. The lowest BCUT2D eigenvalue weighted by atomic mass is 10.2. The molecule has 0 saturated carbocycles. The van der Waals surface area contributed by atoms with Gasteiger partial charge in [-0.25, -0.2) is 22.7 Å². The van der Waals surface area contributed by atoms with Gasteiger partial charge in [0.2, 0.25) is 10.0 Å². The molecule has 0 aliphatic carbocycles. The normalized spacial score (nSPS) is 11.3. The predicted octanol–water partition coefficient (Wildman–Crippen LogP) is -0.297. The molecule has 0 aromatic carbocycles. The minimum Gasteiger partial charge on any atom is -0.477 e. The van der Waals surface area contributed by atoms with Crippen LogP contribution in [0.2, 0.25) is 0 Å². The first-order valence-electron chi connectivity index (χ1n) is 5.51. The van der Waals surface area contributed by atoms with Gasteiger partial charge in [-0.2, -0.15) is 0 Å². The summed E-state index contributed by atoms with van der Waals surface area (Å²) in [4.78, 5) is 23.6. The molecular weight excluding hydrogens is 290 g/mol. The van der Waals surface area contributed by atoms with Crippen LogP contribution in [0.5, 0.6) is 0 Å². The third-order valence-electron chi connectivity index (χ3n) is 2.49. The predicted molar refractivity (Wildman–Crippen MR) is 67.9 cm³/mol. The Bertz CT molecular complexity index is 634. The van der Waals surface area contributed by atoms with E-state index in [-0.39, 0.29) is 35.0 Å². The summed E-state index contributed by atoms with van der Waals surface area (Å²) in [7, 11) is -3.91. The van der Waals surface area contributed by atoms with E-state index in [1.165, 1.54) is 13.8 Å². The van der Waals surface area contributed by atoms with E-state index in [4.69, 9.17) is 10.8 Å². The third-order valence-corrected chi connectivity index (χ3v) is 4.22. The summed E-state index contributed by atoms with van der Waals surface area (Å²) in [6.07, 6.45) is -1.01. The molecule has 20 heavy (non-hydrogen) atoms. The lowest BCUT2D eigenvalue weighted by molar-refractivity contribution is 0.0690. The van der Waals surface area contributed by atoms with Crippen LogP contribution < -0.4 is 10.5 Å². The van der Waals surface area contributed by atoms with Crippen molar-refractivity contribution in [2.45, 2.75) is 18.7 Å². The number of carboxylic acids is 1. The van der Waals surface area contributed by atoms with Gasteiger partial charge in [0.25, 0.3) is 0 Å². The summed E-state index contributed by atoms with van der Waals surface area (Å²) in [5, 5.41) is 8.93. The van der Waals surface area contributed by atoms with Gasteiger partial charge in [-0.15, -0.1) is 0 Å². The van der Waals surface area contributed by atoms with Crippen LogP contribution in [0.4, 0.5) is 4.79 Å². The standard InChI is InChI=1S/C10H15N3O6S/c1-5-7(9(14)15)13-6(2)8(5)20(17,18)12-3-4-19-10(11)16/h12-13H,3-4H2,1-2H3,(H2,11,16)(H,14,15). The van der Waals surface area contributed by atoms with Crippen LogP contribution in [0.1, 0.15) is 21.7 Å². The van der Waals surface area contributed by atoms with Crippen molar-refractivity contribution < 1.29 is 27.9 Å². The summed E-state index contributed by atoms with van der Waals surface area (Å²) in [5.74, 6) is -1.25. The number of sulfonamides is 1. The molecule has 0 unspecified atom stereocenters. The number of aryl methyl sites for hydroxylation is 1. The van der Waals surface area contributed by atoms with Crippen molar-refractivity contribution in [2.24, 2.45) is 5.73 Å². The largest absolute Gasteiger partial charge is 0.477 e. The molecule has 9 nitrogen and oxygen atoms in total. The molecule has 0 atom stereocenters. The Morgan fingerprint density at radius 3 is 2.45 bits per heavy atom. The Kier molecular flexibility index (Phi) is 4.73.